The van der Waals surface area contributed by atoms with Crippen molar-refractivity contribution in [3.05, 3.63) is 0 Å². The maximum Gasteiger partial charge on any atom is 0.225 e. The third-order valence-electron chi connectivity index (χ3n) is 3.51. The van der Waals surface area contributed by atoms with E-state index in [-0.39, 0.29) is 17.2 Å². The first-order valence-corrected chi connectivity index (χ1v) is 7.07. The first-order valence-electron chi connectivity index (χ1n) is 7.07. The van der Waals surface area contributed by atoms with Crippen molar-refractivity contribution in [1.82, 2.24) is 15.5 Å². The molecule has 1 rings (SSSR count). The molecule has 0 spiro atoms. The molecule has 1 aliphatic rings. The molecule has 0 radical (unpaired) electrons. The lowest BCUT2D eigenvalue weighted by Crippen LogP contribution is -2.39. The summed E-state index contributed by atoms with van der Waals surface area (Å²) in [6.07, 6.45) is 2.23. The van der Waals surface area contributed by atoms with Crippen LogP contribution in [0.25, 0.3) is 0 Å². The van der Waals surface area contributed by atoms with Gasteiger partial charge >= 0.3 is 0 Å². The average molecular weight is 269 g/mol. The third kappa shape index (κ3) is 5.19. The van der Waals surface area contributed by atoms with Gasteiger partial charge in [0.15, 0.2) is 0 Å². The van der Waals surface area contributed by atoms with Crippen molar-refractivity contribution in [2.75, 3.05) is 26.7 Å². The highest BCUT2D eigenvalue weighted by Crippen LogP contribution is 2.12. The maximum absolute atomic E-state index is 12.0. The topological polar surface area (TPSA) is 61.4 Å². The van der Waals surface area contributed by atoms with Gasteiger partial charge in [0.25, 0.3) is 0 Å². The second-order valence-corrected chi connectivity index (χ2v) is 6.26. The third-order valence-corrected chi connectivity index (χ3v) is 3.51. The van der Waals surface area contributed by atoms with E-state index in [2.05, 4.69) is 10.6 Å². The highest BCUT2D eigenvalue weighted by atomic mass is 16.2. The standard InChI is InChI=1S/C14H27N3O2/c1-14(2,3)13(19)16-8-5-6-12(18)17(4)11-7-9-15-10-11/h11,15H,5-10H2,1-4H3,(H,16,19). The van der Waals surface area contributed by atoms with E-state index >= 15 is 0 Å². The Labute approximate surface area is 116 Å². The van der Waals surface area contributed by atoms with Crippen molar-refractivity contribution in [2.45, 2.75) is 46.1 Å². The van der Waals surface area contributed by atoms with Crippen LogP contribution >= 0.6 is 0 Å². The number of hydrogen-bond donors (Lipinski definition) is 2. The van der Waals surface area contributed by atoms with Crippen LogP contribution < -0.4 is 10.6 Å². The summed E-state index contributed by atoms with van der Waals surface area (Å²) in [5, 5.41) is 6.12. The Morgan fingerprint density at radius 2 is 2.05 bits per heavy atom. The van der Waals surface area contributed by atoms with Crippen LogP contribution in [0, 0.1) is 5.41 Å². The summed E-state index contributed by atoms with van der Waals surface area (Å²) in [4.78, 5) is 25.4. The van der Waals surface area contributed by atoms with Crippen molar-refractivity contribution in [3.8, 4) is 0 Å². The van der Waals surface area contributed by atoms with Gasteiger partial charge in [-0.1, -0.05) is 20.8 Å². The molecule has 5 heteroatoms. The van der Waals surface area contributed by atoms with Crippen molar-refractivity contribution >= 4 is 11.8 Å². The molecule has 19 heavy (non-hydrogen) atoms. The van der Waals surface area contributed by atoms with E-state index in [1.54, 1.807) is 0 Å². The molecule has 2 amide bonds. The van der Waals surface area contributed by atoms with Gasteiger partial charge in [-0.2, -0.15) is 0 Å². The molecular formula is C14H27N3O2. The summed E-state index contributed by atoms with van der Waals surface area (Å²) in [6, 6.07) is 0.330. The first-order chi connectivity index (χ1) is 8.82. The molecule has 2 N–H and O–H groups in total. The Morgan fingerprint density at radius 1 is 1.37 bits per heavy atom. The van der Waals surface area contributed by atoms with Crippen molar-refractivity contribution in [3.63, 3.8) is 0 Å². The number of hydrogen-bond acceptors (Lipinski definition) is 3. The van der Waals surface area contributed by atoms with Gasteiger partial charge < -0.3 is 15.5 Å². The SMILES string of the molecule is CN(C(=O)CCCNC(=O)C(C)(C)C)C1CCNC1. The number of carbonyl (C=O) groups is 2. The molecule has 1 unspecified atom stereocenters. The zero-order chi connectivity index (χ0) is 14.5. The monoisotopic (exact) mass is 269 g/mol. The molecule has 0 saturated carbocycles. The smallest absolute Gasteiger partial charge is 0.225 e. The number of amides is 2. The summed E-state index contributed by atoms with van der Waals surface area (Å²) >= 11 is 0. The van der Waals surface area contributed by atoms with Crippen LogP contribution in [0.3, 0.4) is 0 Å². The van der Waals surface area contributed by atoms with Crippen LogP contribution in [0.4, 0.5) is 0 Å². The van der Waals surface area contributed by atoms with Crippen LogP contribution in [0.1, 0.15) is 40.0 Å². The Morgan fingerprint density at radius 3 is 2.58 bits per heavy atom. The van der Waals surface area contributed by atoms with E-state index < -0.39 is 0 Å². The molecule has 1 saturated heterocycles. The molecule has 0 aromatic rings. The normalized spacial score (nSPS) is 19.3. The van der Waals surface area contributed by atoms with Gasteiger partial charge in [0.05, 0.1) is 0 Å². The second kappa shape index (κ2) is 6.89. The van der Waals surface area contributed by atoms with E-state index in [9.17, 15) is 9.59 Å². The average Bonchev–Trinajstić information content (AvgIpc) is 2.85. The molecule has 110 valence electrons. The second-order valence-electron chi connectivity index (χ2n) is 6.26. The van der Waals surface area contributed by atoms with Gasteiger partial charge in [0, 0.05) is 38.0 Å². The Balaban J connectivity index is 2.18. The summed E-state index contributed by atoms with van der Waals surface area (Å²) in [5.74, 6) is 0.201. The van der Waals surface area contributed by atoms with E-state index in [1.165, 1.54) is 0 Å². The van der Waals surface area contributed by atoms with Crippen LogP contribution in [-0.4, -0.2) is 49.4 Å². The predicted molar refractivity (Wildman–Crippen MR) is 75.7 cm³/mol. The molecule has 1 aliphatic heterocycles. The minimum atomic E-state index is -0.365. The Kier molecular flexibility index (Phi) is 5.79. The fourth-order valence-corrected chi connectivity index (χ4v) is 2.06. The summed E-state index contributed by atoms with van der Waals surface area (Å²) in [6.45, 7) is 8.10. The lowest BCUT2D eigenvalue weighted by molar-refractivity contribution is -0.132. The van der Waals surface area contributed by atoms with E-state index in [4.69, 9.17) is 0 Å². The zero-order valence-electron chi connectivity index (χ0n) is 12.6. The molecule has 1 atom stereocenters. The van der Waals surface area contributed by atoms with Crippen LogP contribution in [0.5, 0.6) is 0 Å². The zero-order valence-corrected chi connectivity index (χ0v) is 12.6. The Hall–Kier alpha value is -1.10. The van der Waals surface area contributed by atoms with E-state index in [1.807, 2.05) is 32.7 Å². The number of nitrogens with one attached hydrogen (secondary N) is 2. The molecular weight excluding hydrogens is 242 g/mol. The fourth-order valence-electron chi connectivity index (χ4n) is 2.06. The molecule has 0 bridgehead atoms. The molecule has 0 aromatic heterocycles. The maximum atomic E-state index is 12.0. The quantitative estimate of drug-likeness (QED) is 0.724. The van der Waals surface area contributed by atoms with Gasteiger partial charge in [0.2, 0.25) is 11.8 Å². The minimum absolute atomic E-state index is 0.0355. The van der Waals surface area contributed by atoms with E-state index in [0.717, 1.165) is 19.5 Å². The highest BCUT2D eigenvalue weighted by Gasteiger charge is 2.23. The predicted octanol–water partition coefficient (Wildman–Crippen LogP) is 0.749. The van der Waals surface area contributed by atoms with Crippen molar-refractivity contribution < 1.29 is 9.59 Å². The fraction of sp³-hybridized carbons (Fsp3) is 0.857. The summed E-state index contributed by atoms with van der Waals surface area (Å²) in [5.41, 5.74) is -0.365. The first kappa shape index (κ1) is 16.0. The lowest BCUT2D eigenvalue weighted by Gasteiger charge is -2.24. The number of carbonyl (C=O) groups excluding carboxylic acids is 2. The minimum Gasteiger partial charge on any atom is -0.356 e. The number of rotatable bonds is 5. The molecule has 1 fully saturated rings. The molecule has 5 nitrogen and oxygen atoms in total. The van der Waals surface area contributed by atoms with Gasteiger partial charge in [-0.25, -0.2) is 0 Å². The van der Waals surface area contributed by atoms with Crippen LogP contribution in [0.2, 0.25) is 0 Å². The van der Waals surface area contributed by atoms with Gasteiger partial charge in [-0.3, -0.25) is 9.59 Å². The number of likely N-dealkylation sites (N-methyl/N-ethyl adjacent to an activating group) is 1. The lowest BCUT2D eigenvalue weighted by atomic mass is 9.96. The summed E-state index contributed by atoms with van der Waals surface area (Å²) in [7, 11) is 1.87. The number of nitrogens with zero attached hydrogens (tertiary/aromatic N) is 1. The van der Waals surface area contributed by atoms with Gasteiger partial charge in [-0.15, -0.1) is 0 Å². The largest absolute Gasteiger partial charge is 0.356 e. The summed E-state index contributed by atoms with van der Waals surface area (Å²) < 4.78 is 0. The van der Waals surface area contributed by atoms with Crippen LogP contribution in [-0.2, 0) is 9.59 Å². The molecule has 0 aromatic carbocycles. The van der Waals surface area contributed by atoms with Crippen molar-refractivity contribution in [1.29, 1.82) is 0 Å². The molecule has 1 heterocycles. The molecule has 0 aliphatic carbocycles. The van der Waals surface area contributed by atoms with Crippen LogP contribution in [0.15, 0.2) is 0 Å². The Bertz CT molecular complexity index is 317. The van der Waals surface area contributed by atoms with Gasteiger partial charge in [-0.05, 0) is 19.4 Å². The highest BCUT2D eigenvalue weighted by molar-refractivity contribution is 5.81. The van der Waals surface area contributed by atoms with Gasteiger partial charge in [0.1, 0.15) is 0 Å². The van der Waals surface area contributed by atoms with E-state index in [0.29, 0.717) is 25.4 Å². The van der Waals surface area contributed by atoms with Crippen molar-refractivity contribution in [2.24, 2.45) is 5.41 Å².